The normalized spacial score (nSPS) is 11.8. The topological polar surface area (TPSA) is 50.1 Å². The summed E-state index contributed by atoms with van der Waals surface area (Å²) in [6, 6.07) is 1.99. The molecule has 0 aliphatic heterocycles. The second kappa shape index (κ2) is 8.55. The van der Waals surface area contributed by atoms with Gasteiger partial charge in [-0.1, -0.05) is 33.1 Å². The van der Waals surface area contributed by atoms with Crippen LogP contribution in [-0.4, -0.2) is 12.6 Å². The van der Waals surface area contributed by atoms with Crippen LogP contribution in [-0.2, 0) is 9.53 Å². The van der Waals surface area contributed by atoms with Crippen molar-refractivity contribution in [1.29, 1.82) is 5.26 Å². The van der Waals surface area contributed by atoms with Crippen LogP contribution >= 0.6 is 0 Å². The van der Waals surface area contributed by atoms with E-state index in [9.17, 15) is 4.79 Å². The van der Waals surface area contributed by atoms with Crippen molar-refractivity contribution in [2.45, 2.75) is 46.0 Å². The average Bonchev–Trinajstić information content (AvgIpc) is 2.19. The van der Waals surface area contributed by atoms with Gasteiger partial charge in [0.1, 0.15) is 5.92 Å². The molecule has 14 heavy (non-hydrogen) atoms. The number of rotatable bonds is 7. The van der Waals surface area contributed by atoms with Crippen molar-refractivity contribution in [2.24, 2.45) is 5.92 Å². The third kappa shape index (κ3) is 5.58. The Morgan fingerprint density at radius 1 is 1.36 bits per heavy atom. The van der Waals surface area contributed by atoms with Gasteiger partial charge in [-0.05, 0) is 12.8 Å². The third-order valence-electron chi connectivity index (χ3n) is 2.03. The van der Waals surface area contributed by atoms with Crippen LogP contribution in [0.3, 0.4) is 0 Å². The highest BCUT2D eigenvalue weighted by atomic mass is 16.5. The number of carbonyl (C=O) groups is 1. The van der Waals surface area contributed by atoms with E-state index in [0.717, 1.165) is 25.7 Å². The fourth-order valence-electron chi connectivity index (χ4n) is 1.06. The summed E-state index contributed by atoms with van der Waals surface area (Å²) in [7, 11) is 0. The van der Waals surface area contributed by atoms with Crippen LogP contribution < -0.4 is 0 Å². The molecule has 1 unspecified atom stereocenters. The quantitative estimate of drug-likeness (QED) is 0.465. The summed E-state index contributed by atoms with van der Waals surface area (Å²) in [4.78, 5) is 11.3. The molecule has 3 heteroatoms. The SMILES string of the molecule is CCCCOC(=O)C(C#N)CCCC. The molecule has 0 saturated heterocycles. The van der Waals surface area contributed by atoms with E-state index in [4.69, 9.17) is 10.00 Å². The highest BCUT2D eigenvalue weighted by Crippen LogP contribution is 2.09. The van der Waals surface area contributed by atoms with Gasteiger partial charge in [0.2, 0.25) is 0 Å². The van der Waals surface area contributed by atoms with E-state index in [0.29, 0.717) is 13.0 Å². The Labute approximate surface area is 86.1 Å². The Morgan fingerprint density at radius 3 is 2.50 bits per heavy atom. The molecule has 0 rings (SSSR count). The second-order valence-electron chi connectivity index (χ2n) is 3.34. The van der Waals surface area contributed by atoms with Gasteiger partial charge < -0.3 is 4.74 Å². The van der Waals surface area contributed by atoms with Crippen molar-refractivity contribution in [1.82, 2.24) is 0 Å². The molecule has 0 saturated carbocycles. The van der Waals surface area contributed by atoms with Gasteiger partial charge in [0.25, 0.3) is 0 Å². The zero-order valence-corrected chi connectivity index (χ0v) is 9.08. The van der Waals surface area contributed by atoms with Gasteiger partial charge in [-0.15, -0.1) is 0 Å². The van der Waals surface area contributed by atoms with Crippen LogP contribution in [0.15, 0.2) is 0 Å². The molecule has 1 atom stereocenters. The Balaban J connectivity index is 3.75. The molecule has 3 nitrogen and oxygen atoms in total. The lowest BCUT2D eigenvalue weighted by Crippen LogP contribution is -2.16. The minimum atomic E-state index is -0.563. The predicted octanol–water partition coefficient (Wildman–Crippen LogP) is 2.66. The summed E-state index contributed by atoms with van der Waals surface area (Å²) in [5, 5.41) is 8.73. The Kier molecular flexibility index (Phi) is 7.92. The molecular weight excluding hydrogens is 178 g/mol. The zero-order chi connectivity index (χ0) is 10.8. The van der Waals surface area contributed by atoms with Gasteiger partial charge in [0.05, 0.1) is 12.7 Å². The van der Waals surface area contributed by atoms with Crippen molar-refractivity contribution in [3.63, 3.8) is 0 Å². The summed E-state index contributed by atoms with van der Waals surface area (Å²) in [5.41, 5.74) is 0. The van der Waals surface area contributed by atoms with Gasteiger partial charge in [0.15, 0.2) is 0 Å². The largest absolute Gasteiger partial charge is 0.465 e. The predicted molar refractivity (Wildman–Crippen MR) is 54.5 cm³/mol. The molecule has 0 bridgehead atoms. The van der Waals surface area contributed by atoms with Crippen molar-refractivity contribution in [3.05, 3.63) is 0 Å². The van der Waals surface area contributed by atoms with Gasteiger partial charge in [-0.2, -0.15) is 5.26 Å². The Bertz CT molecular complexity index is 196. The molecule has 0 amide bonds. The maximum Gasteiger partial charge on any atom is 0.323 e. The zero-order valence-electron chi connectivity index (χ0n) is 9.08. The highest BCUT2D eigenvalue weighted by Gasteiger charge is 2.18. The molecule has 0 aromatic rings. The van der Waals surface area contributed by atoms with Crippen molar-refractivity contribution < 1.29 is 9.53 Å². The van der Waals surface area contributed by atoms with E-state index in [1.165, 1.54) is 0 Å². The molecule has 0 heterocycles. The number of nitrogens with zero attached hydrogens (tertiary/aromatic N) is 1. The summed E-state index contributed by atoms with van der Waals surface area (Å²) in [6.07, 6.45) is 4.40. The number of nitriles is 1. The van der Waals surface area contributed by atoms with E-state index in [1.807, 2.05) is 19.9 Å². The fourth-order valence-corrected chi connectivity index (χ4v) is 1.06. The molecule has 0 fully saturated rings. The number of hydrogen-bond acceptors (Lipinski definition) is 3. The maximum absolute atomic E-state index is 11.3. The first-order valence-electron chi connectivity index (χ1n) is 5.32. The molecule has 0 radical (unpaired) electrons. The minimum Gasteiger partial charge on any atom is -0.465 e. The first-order chi connectivity index (χ1) is 6.76. The standard InChI is InChI=1S/C11H19NO2/c1-3-5-7-10(9-12)11(13)14-8-6-4-2/h10H,3-8H2,1-2H3. The van der Waals surface area contributed by atoms with E-state index in [2.05, 4.69) is 0 Å². The molecule has 0 aliphatic rings. The molecule has 0 spiro atoms. The van der Waals surface area contributed by atoms with Gasteiger partial charge in [0, 0.05) is 0 Å². The molecule has 0 aromatic carbocycles. The van der Waals surface area contributed by atoms with Crippen LogP contribution in [0.2, 0.25) is 0 Å². The molecule has 0 N–H and O–H groups in total. The van der Waals surface area contributed by atoms with Gasteiger partial charge in [-0.3, -0.25) is 4.79 Å². The molecule has 0 aromatic heterocycles. The van der Waals surface area contributed by atoms with Crippen LogP contribution in [0.5, 0.6) is 0 Å². The lowest BCUT2D eigenvalue weighted by Gasteiger charge is -2.08. The van der Waals surface area contributed by atoms with Crippen molar-refractivity contribution in [2.75, 3.05) is 6.61 Å². The van der Waals surface area contributed by atoms with Gasteiger partial charge in [-0.25, -0.2) is 0 Å². The Hall–Kier alpha value is -1.04. The fraction of sp³-hybridized carbons (Fsp3) is 0.818. The van der Waals surface area contributed by atoms with Crippen molar-refractivity contribution >= 4 is 5.97 Å². The van der Waals surface area contributed by atoms with E-state index >= 15 is 0 Å². The molecular formula is C11H19NO2. The van der Waals surface area contributed by atoms with Crippen LogP contribution in [0.25, 0.3) is 0 Å². The first kappa shape index (κ1) is 13.0. The van der Waals surface area contributed by atoms with Crippen LogP contribution in [0.1, 0.15) is 46.0 Å². The Morgan fingerprint density at radius 2 is 2.00 bits per heavy atom. The summed E-state index contributed by atoms with van der Waals surface area (Å²) in [6.45, 7) is 4.52. The van der Waals surface area contributed by atoms with E-state index in [1.54, 1.807) is 0 Å². The van der Waals surface area contributed by atoms with E-state index in [-0.39, 0.29) is 5.97 Å². The minimum absolute atomic E-state index is 0.352. The summed E-state index contributed by atoms with van der Waals surface area (Å²) in [5.74, 6) is -0.916. The molecule has 80 valence electrons. The smallest absolute Gasteiger partial charge is 0.323 e. The summed E-state index contributed by atoms with van der Waals surface area (Å²) < 4.78 is 4.97. The monoisotopic (exact) mass is 197 g/mol. The number of hydrogen-bond donors (Lipinski definition) is 0. The number of unbranched alkanes of at least 4 members (excludes halogenated alkanes) is 2. The van der Waals surface area contributed by atoms with Gasteiger partial charge >= 0.3 is 5.97 Å². The van der Waals surface area contributed by atoms with Crippen LogP contribution in [0.4, 0.5) is 0 Å². The lowest BCUT2D eigenvalue weighted by atomic mass is 10.0. The summed E-state index contributed by atoms with van der Waals surface area (Å²) >= 11 is 0. The van der Waals surface area contributed by atoms with E-state index < -0.39 is 5.92 Å². The maximum atomic E-state index is 11.3. The lowest BCUT2D eigenvalue weighted by molar-refractivity contribution is -0.146. The average molecular weight is 197 g/mol. The van der Waals surface area contributed by atoms with Crippen LogP contribution in [0, 0.1) is 17.2 Å². The number of ether oxygens (including phenoxy) is 1. The number of esters is 1. The first-order valence-corrected chi connectivity index (χ1v) is 5.32. The van der Waals surface area contributed by atoms with Crippen molar-refractivity contribution in [3.8, 4) is 6.07 Å². The molecule has 0 aliphatic carbocycles. The second-order valence-corrected chi connectivity index (χ2v) is 3.34. The number of carbonyl (C=O) groups excluding carboxylic acids is 1. The third-order valence-corrected chi connectivity index (χ3v) is 2.03. The highest BCUT2D eigenvalue weighted by molar-refractivity contribution is 5.75.